The maximum Gasteiger partial charge on any atom is 0.243 e. The Labute approximate surface area is 195 Å². The SMILES string of the molecule is CC(C)(C)NC(=O)C(Cc1ccccc1)N(Cc1ccccc1)C(=O)Cc1ccccc1F. The van der Waals surface area contributed by atoms with Gasteiger partial charge in [-0.25, -0.2) is 4.39 Å². The summed E-state index contributed by atoms with van der Waals surface area (Å²) < 4.78 is 14.3. The molecule has 0 fully saturated rings. The minimum atomic E-state index is -0.744. The maximum atomic E-state index is 14.3. The van der Waals surface area contributed by atoms with E-state index in [1.54, 1.807) is 23.1 Å². The fourth-order valence-electron chi connectivity index (χ4n) is 3.69. The third-order valence-electron chi connectivity index (χ3n) is 5.26. The number of rotatable bonds is 8. The van der Waals surface area contributed by atoms with Crippen LogP contribution in [0, 0.1) is 5.82 Å². The van der Waals surface area contributed by atoms with Crippen LogP contribution in [0.1, 0.15) is 37.5 Å². The van der Waals surface area contributed by atoms with Crippen LogP contribution < -0.4 is 5.32 Å². The summed E-state index contributed by atoms with van der Waals surface area (Å²) in [6.07, 6.45) is 0.242. The highest BCUT2D eigenvalue weighted by Crippen LogP contribution is 2.18. The van der Waals surface area contributed by atoms with Gasteiger partial charge < -0.3 is 10.2 Å². The summed E-state index contributed by atoms with van der Waals surface area (Å²) in [5, 5.41) is 3.03. The molecule has 1 atom stereocenters. The number of halogens is 1. The lowest BCUT2D eigenvalue weighted by Crippen LogP contribution is -2.54. The predicted octanol–water partition coefficient (Wildman–Crippen LogP) is 4.92. The summed E-state index contributed by atoms with van der Waals surface area (Å²) in [5.41, 5.74) is 1.71. The summed E-state index contributed by atoms with van der Waals surface area (Å²) in [6.45, 7) is 5.98. The third kappa shape index (κ3) is 7.28. The van der Waals surface area contributed by atoms with Crippen LogP contribution in [0.25, 0.3) is 0 Å². The average molecular weight is 447 g/mol. The minimum absolute atomic E-state index is 0.117. The van der Waals surface area contributed by atoms with Crippen LogP contribution in [0.3, 0.4) is 0 Å². The molecule has 0 aromatic heterocycles. The minimum Gasteiger partial charge on any atom is -0.350 e. The van der Waals surface area contributed by atoms with Crippen LogP contribution in [0.5, 0.6) is 0 Å². The number of hydrogen-bond acceptors (Lipinski definition) is 2. The topological polar surface area (TPSA) is 49.4 Å². The van der Waals surface area contributed by atoms with Crippen LogP contribution in [-0.2, 0) is 29.0 Å². The van der Waals surface area contributed by atoms with Gasteiger partial charge in [-0.05, 0) is 43.5 Å². The molecule has 0 saturated heterocycles. The molecule has 5 heteroatoms. The van der Waals surface area contributed by atoms with E-state index in [1.165, 1.54) is 6.07 Å². The van der Waals surface area contributed by atoms with Crippen LogP contribution >= 0.6 is 0 Å². The maximum absolute atomic E-state index is 14.3. The zero-order valence-corrected chi connectivity index (χ0v) is 19.4. The molecule has 0 spiro atoms. The standard InChI is InChI=1S/C28H31FN2O2/c1-28(2,3)30-27(33)25(18-21-12-6-4-7-13-21)31(20-22-14-8-5-9-15-22)26(32)19-23-16-10-11-17-24(23)29/h4-17,25H,18-20H2,1-3H3,(H,30,33). The first-order valence-corrected chi connectivity index (χ1v) is 11.2. The smallest absolute Gasteiger partial charge is 0.243 e. The van der Waals surface area contributed by atoms with E-state index in [4.69, 9.17) is 0 Å². The average Bonchev–Trinajstić information content (AvgIpc) is 2.78. The van der Waals surface area contributed by atoms with Crippen molar-refractivity contribution in [2.45, 2.75) is 51.7 Å². The molecule has 0 heterocycles. The van der Waals surface area contributed by atoms with E-state index < -0.39 is 17.4 Å². The van der Waals surface area contributed by atoms with Gasteiger partial charge in [0.2, 0.25) is 11.8 Å². The molecule has 4 nitrogen and oxygen atoms in total. The van der Waals surface area contributed by atoms with Gasteiger partial charge in [0.15, 0.2) is 0 Å². The lowest BCUT2D eigenvalue weighted by Gasteiger charge is -2.34. The van der Waals surface area contributed by atoms with Gasteiger partial charge in [-0.3, -0.25) is 9.59 Å². The summed E-state index contributed by atoms with van der Waals surface area (Å²) >= 11 is 0. The Kier molecular flexibility index (Phi) is 7.99. The zero-order valence-electron chi connectivity index (χ0n) is 19.4. The van der Waals surface area contributed by atoms with Gasteiger partial charge in [-0.15, -0.1) is 0 Å². The largest absolute Gasteiger partial charge is 0.350 e. The first-order chi connectivity index (χ1) is 15.7. The molecular weight excluding hydrogens is 415 g/mol. The third-order valence-corrected chi connectivity index (χ3v) is 5.26. The molecule has 2 amide bonds. The molecule has 0 bridgehead atoms. The molecule has 3 rings (SSSR count). The fourth-order valence-corrected chi connectivity index (χ4v) is 3.69. The predicted molar refractivity (Wildman–Crippen MR) is 129 cm³/mol. The lowest BCUT2D eigenvalue weighted by molar-refractivity contribution is -0.141. The molecule has 3 aromatic rings. The number of hydrogen-bond donors (Lipinski definition) is 1. The van der Waals surface area contributed by atoms with Crippen molar-refractivity contribution in [2.24, 2.45) is 0 Å². The van der Waals surface area contributed by atoms with E-state index in [0.717, 1.165) is 11.1 Å². The molecule has 0 aliphatic rings. The second kappa shape index (κ2) is 10.9. The van der Waals surface area contributed by atoms with E-state index in [0.29, 0.717) is 12.0 Å². The van der Waals surface area contributed by atoms with Gasteiger partial charge in [-0.2, -0.15) is 0 Å². The quantitative estimate of drug-likeness (QED) is 0.534. The summed E-state index contributed by atoms with van der Waals surface area (Å²) in [7, 11) is 0. The second-order valence-electron chi connectivity index (χ2n) is 9.22. The van der Waals surface area contributed by atoms with Crippen LogP contribution in [0.2, 0.25) is 0 Å². The van der Waals surface area contributed by atoms with Crippen molar-refractivity contribution >= 4 is 11.8 Å². The molecule has 3 aromatic carbocycles. The summed E-state index contributed by atoms with van der Waals surface area (Å²) in [5.74, 6) is -0.956. The Morgan fingerprint density at radius 3 is 1.97 bits per heavy atom. The number of amides is 2. The highest BCUT2D eigenvalue weighted by Gasteiger charge is 2.32. The molecule has 1 unspecified atom stereocenters. The number of nitrogens with one attached hydrogen (secondary N) is 1. The van der Waals surface area contributed by atoms with E-state index >= 15 is 0 Å². The van der Waals surface area contributed by atoms with Crippen molar-refractivity contribution in [1.29, 1.82) is 0 Å². The Balaban J connectivity index is 1.98. The fraction of sp³-hybridized carbons (Fsp3) is 0.286. The molecule has 0 aliphatic carbocycles. The van der Waals surface area contributed by atoms with E-state index in [9.17, 15) is 14.0 Å². The summed E-state index contributed by atoms with van der Waals surface area (Å²) in [4.78, 5) is 28.6. The zero-order chi connectivity index (χ0) is 23.8. The van der Waals surface area contributed by atoms with E-state index in [-0.39, 0.29) is 24.8 Å². The summed E-state index contributed by atoms with van der Waals surface area (Å²) in [6, 6.07) is 24.7. The van der Waals surface area contributed by atoms with Gasteiger partial charge in [0.1, 0.15) is 11.9 Å². The van der Waals surface area contributed by atoms with Gasteiger partial charge in [0.05, 0.1) is 6.42 Å². The first-order valence-electron chi connectivity index (χ1n) is 11.2. The number of nitrogens with zero attached hydrogens (tertiary/aromatic N) is 1. The van der Waals surface area contributed by atoms with Crippen molar-refractivity contribution in [2.75, 3.05) is 0 Å². The van der Waals surface area contributed by atoms with Crippen molar-refractivity contribution in [3.8, 4) is 0 Å². The van der Waals surface area contributed by atoms with Crippen LogP contribution in [-0.4, -0.2) is 28.3 Å². The Bertz CT molecular complexity index is 1060. The van der Waals surface area contributed by atoms with Crippen molar-refractivity contribution in [3.63, 3.8) is 0 Å². The van der Waals surface area contributed by atoms with Gasteiger partial charge in [0, 0.05) is 18.5 Å². The second-order valence-corrected chi connectivity index (χ2v) is 9.22. The number of carbonyl (C=O) groups is 2. The Morgan fingerprint density at radius 2 is 1.39 bits per heavy atom. The first kappa shape index (κ1) is 24.2. The van der Waals surface area contributed by atoms with E-state index in [1.807, 2.05) is 81.4 Å². The molecule has 0 aliphatic heterocycles. The van der Waals surface area contributed by atoms with Gasteiger partial charge >= 0.3 is 0 Å². The Morgan fingerprint density at radius 1 is 0.848 bits per heavy atom. The van der Waals surface area contributed by atoms with Crippen LogP contribution in [0.15, 0.2) is 84.9 Å². The van der Waals surface area contributed by atoms with Crippen LogP contribution in [0.4, 0.5) is 4.39 Å². The monoisotopic (exact) mass is 446 g/mol. The molecule has 0 saturated carbocycles. The van der Waals surface area contributed by atoms with Crippen molar-refractivity contribution < 1.29 is 14.0 Å². The van der Waals surface area contributed by atoms with Crippen molar-refractivity contribution in [1.82, 2.24) is 10.2 Å². The number of carbonyl (C=O) groups excluding carboxylic acids is 2. The van der Waals surface area contributed by atoms with Gasteiger partial charge in [0.25, 0.3) is 0 Å². The normalized spacial score (nSPS) is 12.1. The molecule has 1 N–H and O–H groups in total. The number of benzene rings is 3. The highest BCUT2D eigenvalue weighted by atomic mass is 19.1. The molecule has 172 valence electrons. The lowest BCUT2D eigenvalue weighted by atomic mass is 9.99. The highest BCUT2D eigenvalue weighted by molar-refractivity contribution is 5.89. The molecule has 0 radical (unpaired) electrons. The molecule has 33 heavy (non-hydrogen) atoms. The van der Waals surface area contributed by atoms with E-state index in [2.05, 4.69) is 5.32 Å². The Hall–Kier alpha value is -3.47. The van der Waals surface area contributed by atoms with Gasteiger partial charge in [-0.1, -0.05) is 78.9 Å². The van der Waals surface area contributed by atoms with Crippen molar-refractivity contribution in [3.05, 3.63) is 107 Å². The molecular formula is C28H31FN2O2.